The number of benzene rings is 1. The Morgan fingerprint density at radius 3 is 2.50 bits per heavy atom. The van der Waals surface area contributed by atoms with Crippen LogP contribution in [0.25, 0.3) is 0 Å². The van der Waals surface area contributed by atoms with Gasteiger partial charge in [0, 0.05) is 26.9 Å². The summed E-state index contributed by atoms with van der Waals surface area (Å²) >= 11 is 0. The summed E-state index contributed by atoms with van der Waals surface area (Å²) in [6, 6.07) is 8.67. The molecule has 2 aliphatic rings. The van der Waals surface area contributed by atoms with E-state index in [0.29, 0.717) is 6.54 Å². The number of nitrogens with zero attached hydrogens (tertiary/aromatic N) is 2. The molecule has 1 N–H and O–H groups in total. The summed E-state index contributed by atoms with van der Waals surface area (Å²) in [5.41, 5.74) is 2.81. The number of carbonyl (C=O) groups excluding carboxylic acids is 2. The maximum atomic E-state index is 12.4. The number of likely N-dealkylation sites (tertiary alicyclic amines) is 1. The maximum Gasteiger partial charge on any atom is 0.236 e. The molecule has 5 nitrogen and oxygen atoms in total. The number of amides is 2. The van der Waals surface area contributed by atoms with Gasteiger partial charge in [-0.2, -0.15) is 0 Å². The molecule has 1 aliphatic heterocycles. The molecule has 2 amide bonds. The third-order valence-electron chi connectivity index (χ3n) is 6.17. The van der Waals surface area contributed by atoms with Crippen LogP contribution in [0.4, 0.5) is 0 Å². The Kier molecular flexibility index (Phi) is 5.66. The van der Waals surface area contributed by atoms with Gasteiger partial charge in [0.05, 0.1) is 12.6 Å². The molecule has 3 rings (SSSR count). The summed E-state index contributed by atoms with van der Waals surface area (Å²) in [7, 11) is 0. The summed E-state index contributed by atoms with van der Waals surface area (Å²) < 4.78 is 0. The summed E-state index contributed by atoms with van der Waals surface area (Å²) in [4.78, 5) is 28.2. The highest BCUT2D eigenvalue weighted by Gasteiger charge is 2.45. The second-order valence-corrected chi connectivity index (χ2v) is 7.67. The lowest BCUT2D eigenvalue weighted by Gasteiger charge is -2.40. The molecule has 1 atom stereocenters. The van der Waals surface area contributed by atoms with Crippen molar-refractivity contribution in [3.63, 3.8) is 0 Å². The van der Waals surface area contributed by atoms with Gasteiger partial charge in [-0.05, 0) is 57.3 Å². The van der Waals surface area contributed by atoms with Gasteiger partial charge < -0.3 is 10.2 Å². The Morgan fingerprint density at radius 2 is 1.88 bits per heavy atom. The van der Waals surface area contributed by atoms with Crippen molar-refractivity contribution in [2.75, 3.05) is 32.7 Å². The first-order valence-corrected chi connectivity index (χ1v) is 9.85. The van der Waals surface area contributed by atoms with Crippen molar-refractivity contribution in [2.45, 2.75) is 51.5 Å². The number of hydrogen-bond donors (Lipinski definition) is 1. The predicted molar refractivity (Wildman–Crippen MR) is 105 cm³/mol. The van der Waals surface area contributed by atoms with E-state index in [-0.39, 0.29) is 24.7 Å². The molecule has 1 saturated heterocycles. The quantitative estimate of drug-likeness (QED) is 0.879. The molecule has 0 unspecified atom stereocenters. The molecule has 144 valence electrons. The minimum Gasteiger partial charge on any atom is -0.349 e. The molecule has 0 bridgehead atoms. The topological polar surface area (TPSA) is 52.7 Å². The van der Waals surface area contributed by atoms with Gasteiger partial charge in [-0.1, -0.05) is 24.3 Å². The number of piperidine rings is 1. The van der Waals surface area contributed by atoms with Crippen LogP contribution in [0, 0.1) is 0 Å². The molecule has 1 aromatic carbocycles. The molecule has 1 spiro atoms. The average Bonchev–Trinajstić information content (AvgIpc) is 2.91. The van der Waals surface area contributed by atoms with Gasteiger partial charge in [-0.15, -0.1) is 0 Å². The first-order valence-electron chi connectivity index (χ1n) is 9.85. The Balaban J connectivity index is 0.00000261. The number of rotatable bonds is 5. The zero-order chi connectivity index (χ0) is 18.7. The highest BCUT2D eigenvalue weighted by Crippen LogP contribution is 2.50. The van der Waals surface area contributed by atoms with Crippen LogP contribution in [0.5, 0.6) is 0 Å². The fourth-order valence-electron chi connectivity index (χ4n) is 4.75. The molecule has 1 fully saturated rings. The van der Waals surface area contributed by atoms with Crippen LogP contribution >= 0.6 is 0 Å². The van der Waals surface area contributed by atoms with Crippen molar-refractivity contribution in [2.24, 2.45) is 0 Å². The van der Waals surface area contributed by atoms with Crippen LogP contribution in [0.1, 0.15) is 58.6 Å². The van der Waals surface area contributed by atoms with E-state index < -0.39 is 0 Å². The van der Waals surface area contributed by atoms with E-state index in [4.69, 9.17) is 0 Å². The molecule has 1 aliphatic carbocycles. The molecule has 0 aromatic heterocycles. The molecular formula is C21H33N3O2. The lowest BCUT2D eigenvalue weighted by Crippen LogP contribution is -2.47. The lowest BCUT2D eigenvalue weighted by atomic mass is 9.73. The number of hydrogen-bond acceptors (Lipinski definition) is 3. The second-order valence-electron chi connectivity index (χ2n) is 7.67. The SMILES string of the molecule is CCN(CC)C(=O)CN1CCC2(CC1)C[C@H](NC(C)=O)c1ccccc12.[HH]. The summed E-state index contributed by atoms with van der Waals surface area (Å²) in [6.45, 7) is 9.61. The molecule has 26 heavy (non-hydrogen) atoms. The number of nitrogens with one attached hydrogen (secondary N) is 1. The smallest absolute Gasteiger partial charge is 0.236 e. The highest BCUT2D eigenvalue weighted by molar-refractivity contribution is 5.78. The molecule has 1 heterocycles. The molecule has 0 radical (unpaired) electrons. The zero-order valence-electron chi connectivity index (χ0n) is 16.3. The van der Waals surface area contributed by atoms with Crippen molar-refractivity contribution in [3.05, 3.63) is 35.4 Å². The Bertz CT molecular complexity index is 667. The Morgan fingerprint density at radius 1 is 1.23 bits per heavy atom. The van der Waals surface area contributed by atoms with Gasteiger partial charge >= 0.3 is 0 Å². The maximum absolute atomic E-state index is 12.4. The minimum absolute atomic E-state index is 0. The van der Waals surface area contributed by atoms with E-state index in [1.165, 1.54) is 11.1 Å². The number of likely N-dealkylation sites (N-methyl/N-ethyl adjacent to an activating group) is 1. The van der Waals surface area contributed by atoms with E-state index in [0.717, 1.165) is 45.4 Å². The van der Waals surface area contributed by atoms with E-state index in [1.807, 2.05) is 18.7 Å². The first kappa shape index (κ1) is 18.9. The van der Waals surface area contributed by atoms with Crippen LogP contribution in [0.2, 0.25) is 0 Å². The van der Waals surface area contributed by atoms with E-state index in [2.05, 4.69) is 34.5 Å². The van der Waals surface area contributed by atoms with Crippen molar-refractivity contribution in [3.8, 4) is 0 Å². The molecule has 5 heteroatoms. The second kappa shape index (κ2) is 7.78. The fraction of sp³-hybridized carbons (Fsp3) is 0.619. The zero-order valence-corrected chi connectivity index (χ0v) is 16.3. The van der Waals surface area contributed by atoms with Gasteiger partial charge in [0.2, 0.25) is 11.8 Å². The van der Waals surface area contributed by atoms with E-state index in [9.17, 15) is 9.59 Å². The first-order chi connectivity index (χ1) is 12.5. The Labute approximate surface area is 158 Å². The van der Waals surface area contributed by atoms with Crippen LogP contribution in [0.3, 0.4) is 0 Å². The van der Waals surface area contributed by atoms with Crippen molar-refractivity contribution in [1.29, 1.82) is 0 Å². The van der Waals surface area contributed by atoms with Gasteiger partial charge in [-0.3, -0.25) is 14.5 Å². The van der Waals surface area contributed by atoms with Crippen molar-refractivity contribution >= 4 is 11.8 Å². The molecule has 1 aromatic rings. The van der Waals surface area contributed by atoms with E-state index >= 15 is 0 Å². The van der Waals surface area contributed by atoms with Crippen LogP contribution < -0.4 is 5.32 Å². The number of carbonyl (C=O) groups is 2. The van der Waals surface area contributed by atoms with Crippen LogP contribution in [0.15, 0.2) is 24.3 Å². The largest absolute Gasteiger partial charge is 0.349 e. The fourth-order valence-corrected chi connectivity index (χ4v) is 4.75. The van der Waals surface area contributed by atoms with Gasteiger partial charge in [-0.25, -0.2) is 0 Å². The van der Waals surface area contributed by atoms with E-state index in [1.54, 1.807) is 6.92 Å². The monoisotopic (exact) mass is 359 g/mol. The molecule has 0 saturated carbocycles. The standard InChI is InChI=1S/C21H31N3O2.H2/c1-4-24(5-2)20(26)15-23-12-10-21(11-13-23)14-19(22-16(3)25)17-8-6-7-9-18(17)21;/h6-9,19H,4-5,10-15H2,1-3H3,(H,22,25);1H/t19-;/m0./s1. The molecular weight excluding hydrogens is 326 g/mol. The highest BCUT2D eigenvalue weighted by atomic mass is 16.2. The minimum atomic E-state index is 0. The van der Waals surface area contributed by atoms with Crippen LogP contribution in [-0.2, 0) is 15.0 Å². The van der Waals surface area contributed by atoms with Crippen LogP contribution in [-0.4, -0.2) is 54.3 Å². The number of fused-ring (bicyclic) bond motifs is 2. The van der Waals surface area contributed by atoms with Crippen molar-refractivity contribution < 1.29 is 11.0 Å². The van der Waals surface area contributed by atoms with Crippen molar-refractivity contribution in [1.82, 2.24) is 15.1 Å². The lowest BCUT2D eigenvalue weighted by molar-refractivity contribution is -0.132. The predicted octanol–water partition coefficient (Wildman–Crippen LogP) is 2.72. The average molecular weight is 360 g/mol. The Hall–Kier alpha value is -1.88. The third-order valence-corrected chi connectivity index (χ3v) is 6.17. The summed E-state index contributed by atoms with van der Waals surface area (Å²) in [5.74, 6) is 0.262. The van der Waals surface area contributed by atoms with Gasteiger partial charge in [0.1, 0.15) is 0 Å². The normalized spacial score (nSPS) is 21.4. The summed E-state index contributed by atoms with van der Waals surface area (Å²) in [6.07, 6.45) is 3.07. The van der Waals surface area contributed by atoms with Gasteiger partial charge in [0.25, 0.3) is 0 Å². The third kappa shape index (κ3) is 3.63. The van der Waals surface area contributed by atoms with Gasteiger partial charge in [0.15, 0.2) is 0 Å². The summed E-state index contributed by atoms with van der Waals surface area (Å²) in [5, 5.41) is 3.13.